The smallest absolute Gasteiger partial charge is 0.231 e. The highest BCUT2D eigenvalue weighted by atomic mass is 16.3. The average molecular weight is 1170 g/mol. The van der Waals surface area contributed by atoms with Gasteiger partial charge in [-0.25, -0.2) is 4.98 Å². The number of nitrogens with zero attached hydrogens (tertiary/aromatic N) is 8. The Balaban J connectivity index is 1.04. The van der Waals surface area contributed by atoms with Gasteiger partial charge in [0.05, 0.1) is 77.6 Å². The van der Waals surface area contributed by atoms with Crippen LogP contribution >= 0.6 is 0 Å². The van der Waals surface area contributed by atoms with Gasteiger partial charge in [-0.3, -0.25) is 0 Å². The van der Waals surface area contributed by atoms with E-state index in [1.165, 1.54) is 0 Å². The number of fused-ring (bicyclic) bond motifs is 22. The number of nitriles is 1. The van der Waals surface area contributed by atoms with Gasteiger partial charge in [-0.1, -0.05) is 200 Å². The van der Waals surface area contributed by atoms with E-state index in [2.05, 4.69) is 272 Å². The molecule has 0 aliphatic rings. The van der Waals surface area contributed by atoms with E-state index in [1.807, 2.05) is 48.5 Å². The topological polar surface area (TPSA) is 87.4 Å². The van der Waals surface area contributed by atoms with Crippen LogP contribution in [-0.2, 0) is 0 Å². The van der Waals surface area contributed by atoms with Gasteiger partial charge in [0.1, 0.15) is 17.2 Å². The first-order chi connectivity index (χ1) is 45.7. The van der Waals surface area contributed by atoms with Gasteiger partial charge in [0, 0.05) is 87.4 Å². The fraction of sp³-hybridized carbons (Fsp3) is 0. The zero-order valence-electron chi connectivity index (χ0n) is 49.2. The molecule has 20 rings (SSSR count). The molecule has 0 saturated heterocycles. The van der Waals surface area contributed by atoms with Crippen LogP contribution in [0.15, 0.2) is 296 Å². The third-order valence-corrected chi connectivity index (χ3v) is 19.1. The molecule has 0 amide bonds. The Morgan fingerprint density at radius 1 is 0.293 bits per heavy atom. The van der Waals surface area contributed by atoms with Gasteiger partial charge >= 0.3 is 0 Å². The van der Waals surface area contributed by atoms with E-state index in [1.54, 1.807) is 0 Å². The Bertz CT molecular complexity index is 6480. The van der Waals surface area contributed by atoms with Crippen molar-refractivity contribution < 1.29 is 4.42 Å². The molecule has 0 atom stereocenters. The largest absolute Gasteiger partial charge is 0.438 e. The summed E-state index contributed by atoms with van der Waals surface area (Å²) in [5.74, 6) is 0.523. The molecule has 9 nitrogen and oxygen atoms in total. The summed E-state index contributed by atoms with van der Waals surface area (Å²) in [6.07, 6.45) is 0. The Labute approximate surface area is 524 Å². The molecule has 92 heavy (non-hydrogen) atoms. The highest BCUT2D eigenvalue weighted by molar-refractivity contribution is 6.40. The molecule has 0 aliphatic heterocycles. The van der Waals surface area contributed by atoms with Gasteiger partial charge in [0.2, 0.25) is 5.71 Å². The first-order valence-electron chi connectivity index (χ1n) is 31.1. The lowest BCUT2D eigenvalue weighted by Gasteiger charge is -2.19. The van der Waals surface area contributed by atoms with Crippen LogP contribution in [0.25, 0.3) is 182 Å². The predicted octanol–water partition coefficient (Wildman–Crippen LogP) is 21.1. The standard InChI is InChI=1S/C83H48N8O/c84-49-62-69(90-63-39-19-13-33-55(63)56-45-46-68-72(78(56)90)57-34-14-20-40-64(57)87(68)52-27-7-2-8-28-52)47-51(77-73-61-38-18-24-44-71(61)92-83(73)86-82(85-77)50-25-5-1-6-26-50)48-70(62)91-67-43-23-17-37-60(67)76-80-74(58-35-15-21-41-65(58)88(80)53-29-9-3-10-30-53)79-75(81(76)91)59-36-16-22-42-66(59)89(79)54-31-11-4-12-32-54/h1-48H. The molecule has 0 N–H and O–H groups in total. The lowest BCUT2D eigenvalue weighted by atomic mass is 9.99. The van der Waals surface area contributed by atoms with Crippen LogP contribution < -0.4 is 0 Å². The Hall–Kier alpha value is -12.8. The highest BCUT2D eigenvalue weighted by Crippen LogP contribution is 2.52. The third-order valence-electron chi connectivity index (χ3n) is 19.1. The Morgan fingerprint density at radius 2 is 0.696 bits per heavy atom. The number of rotatable bonds is 7. The molecule has 0 saturated carbocycles. The summed E-state index contributed by atoms with van der Waals surface area (Å²) in [4.78, 5) is 10.9. The maximum Gasteiger partial charge on any atom is 0.231 e. The molecule has 0 spiro atoms. The van der Waals surface area contributed by atoms with E-state index in [0.717, 1.165) is 148 Å². The molecule has 0 bridgehead atoms. The maximum atomic E-state index is 12.8. The first kappa shape index (κ1) is 50.3. The lowest BCUT2D eigenvalue weighted by Crippen LogP contribution is -2.06. The monoisotopic (exact) mass is 1170 g/mol. The van der Waals surface area contributed by atoms with Crippen LogP contribution in [0.1, 0.15) is 5.56 Å². The van der Waals surface area contributed by atoms with Gasteiger partial charge < -0.3 is 27.3 Å². The second kappa shape index (κ2) is 19.1. The van der Waals surface area contributed by atoms with Gasteiger partial charge in [-0.05, 0) is 91.0 Å². The molecule has 7 heterocycles. The quantitative estimate of drug-likeness (QED) is 0.159. The summed E-state index contributed by atoms with van der Waals surface area (Å²) in [7, 11) is 0. The number of para-hydroxylation sites is 9. The van der Waals surface area contributed by atoms with Gasteiger partial charge in [-0.15, -0.1) is 0 Å². The van der Waals surface area contributed by atoms with Crippen LogP contribution in [0.5, 0.6) is 0 Å². The molecule has 0 fully saturated rings. The molecular formula is C83H48N8O. The summed E-state index contributed by atoms with van der Waals surface area (Å²) in [5.41, 5.74) is 18.8. The molecule has 0 unspecified atom stereocenters. The van der Waals surface area contributed by atoms with E-state index in [0.29, 0.717) is 39.8 Å². The van der Waals surface area contributed by atoms with Crippen LogP contribution in [0.4, 0.5) is 0 Å². The van der Waals surface area contributed by atoms with Crippen molar-refractivity contribution in [2.75, 3.05) is 0 Å². The van der Waals surface area contributed by atoms with Gasteiger partial charge in [0.25, 0.3) is 0 Å². The molecule has 20 aromatic rings. The van der Waals surface area contributed by atoms with Crippen molar-refractivity contribution in [3.63, 3.8) is 0 Å². The average Bonchev–Trinajstić information content (AvgIpc) is 1.51. The van der Waals surface area contributed by atoms with Crippen molar-refractivity contribution in [1.29, 1.82) is 5.26 Å². The van der Waals surface area contributed by atoms with Crippen molar-refractivity contribution in [1.82, 2.24) is 32.8 Å². The van der Waals surface area contributed by atoms with Gasteiger partial charge in [-0.2, -0.15) is 10.2 Å². The van der Waals surface area contributed by atoms with Crippen molar-refractivity contribution in [3.8, 4) is 57.2 Å². The summed E-state index contributed by atoms with van der Waals surface area (Å²) < 4.78 is 18.9. The molecule has 9 heteroatoms. The van der Waals surface area contributed by atoms with E-state index < -0.39 is 0 Å². The molecule has 7 aromatic heterocycles. The number of hydrogen-bond acceptors (Lipinski definition) is 4. The van der Waals surface area contributed by atoms with Crippen molar-refractivity contribution >= 4 is 131 Å². The summed E-state index contributed by atoms with van der Waals surface area (Å²) >= 11 is 0. The lowest BCUT2D eigenvalue weighted by molar-refractivity contribution is 0.653. The zero-order valence-corrected chi connectivity index (χ0v) is 49.2. The number of benzene rings is 13. The first-order valence-corrected chi connectivity index (χ1v) is 31.1. The second-order valence-corrected chi connectivity index (χ2v) is 23.8. The Morgan fingerprint density at radius 3 is 1.23 bits per heavy atom. The van der Waals surface area contributed by atoms with Crippen molar-refractivity contribution in [2.45, 2.75) is 0 Å². The second-order valence-electron chi connectivity index (χ2n) is 23.8. The minimum atomic E-state index is 0.471. The number of aromatic nitrogens is 7. The number of hydrogen-bond donors (Lipinski definition) is 0. The maximum absolute atomic E-state index is 12.8. The van der Waals surface area contributed by atoms with Crippen molar-refractivity contribution in [3.05, 3.63) is 297 Å². The predicted molar refractivity (Wildman–Crippen MR) is 377 cm³/mol. The molecule has 0 radical (unpaired) electrons. The SMILES string of the molecule is N#Cc1c(-n2c3ccccc3c3ccc4c(c5ccccc5n4-c4ccccc4)c32)cc(-c2nc(-c3ccccc3)nc3oc4ccccc4c23)cc1-n1c2ccccc2c2c3c(c4ccccc4n3-c3ccccc3)c3c(c4ccccc4n3-c3ccccc3)c21. The van der Waals surface area contributed by atoms with E-state index in [-0.39, 0.29) is 0 Å². The highest BCUT2D eigenvalue weighted by Gasteiger charge is 2.32. The fourth-order valence-electron chi connectivity index (χ4n) is 15.5. The van der Waals surface area contributed by atoms with Crippen LogP contribution in [0, 0.1) is 11.3 Å². The van der Waals surface area contributed by atoms with Crippen LogP contribution in [-0.4, -0.2) is 32.8 Å². The summed E-state index contributed by atoms with van der Waals surface area (Å²) in [5, 5.41) is 25.4. The van der Waals surface area contributed by atoms with E-state index >= 15 is 0 Å². The van der Waals surface area contributed by atoms with Crippen LogP contribution in [0.2, 0.25) is 0 Å². The van der Waals surface area contributed by atoms with E-state index in [9.17, 15) is 5.26 Å². The van der Waals surface area contributed by atoms with Crippen molar-refractivity contribution in [2.24, 2.45) is 0 Å². The molecular weight excluding hydrogens is 1120 g/mol. The van der Waals surface area contributed by atoms with E-state index in [4.69, 9.17) is 14.4 Å². The zero-order chi connectivity index (χ0) is 60.3. The number of furan rings is 1. The Kier molecular flexibility index (Phi) is 10.4. The van der Waals surface area contributed by atoms with Crippen LogP contribution in [0.3, 0.4) is 0 Å². The minimum Gasteiger partial charge on any atom is -0.438 e. The third kappa shape index (κ3) is 6.84. The minimum absolute atomic E-state index is 0.471. The summed E-state index contributed by atoms with van der Waals surface area (Å²) in [6, 6.07) is 106. The van der Waals surface area contributed by atoms with Gasteiger partial charge in [0.15, 0.2) is 5.82 Å². The molecule has 426 valence electrons. The normalized spacial score (nSPS) is 12.1. The molecule has 13 aromatic carbocycles. The summed E-state index contributed by atoms with van der Waals surface area (Å²) in [6.45, 7) is 0. The molecule has 0 aliphatic carbocycles. The fourth-order valence-corrected chi connectivity index (χ4v) is 15.5.